The van der Waals surface area contributed by atoms with E-state index in [0.29, 0.717) is 6.04 Å². The number of unbranched alkanes of at least 4 members (excludes halogenated alkanes) is 3. The van der Waals surface area contributed by atoms with Crippen molar-refractivity contribution in [2.45, 2.75) is 65.3 Å². The molecule has 0 spiro atoms. The van der Waals surface area contributed by atoms with Gasteiger partial charge in [-0.15, -0.1) is 0 Å². The Morgan fingerprint density at radius 3 is 2.53 bits per heavy atom. The van der Waals surface area contributed by atoms with Crippen molar-refractivity contribution in [2.24, 2.45) is 7.05 Å². The molecule has 1 unspecified atom stereocenters. The third-order valence-corrected chi connectivity index (χ3v) is 4.63. The summed E-state index contributed by atoms with van der Waals surface area (Å²) in [4.78, 5) is 0. The predicted octanol–water partition coefficient (Wildman–Crippen LogP) is 3.98. The number of hydrogen-bond donors (Lipinski definition) is 1. The number of nitrogens with zero attached hydrogens (tertiary/aromatic N) is 2. The molecule has 0 fully saturated rings. The second-order valence-corrected chi connectivity index (χ2v) is 6.07. The van der Waals surface area contributed by atoms with Crippen LogP contribution in [0.1, 0.15) is 57.3 Å². The molecule has 0 bridgehead atoms. The molecule has 0 aromatic carbocycles. The van der Waals surface area contributed by atoms with E-state index in [-0.39, 0.29) is 0 Å². The zero-order chi connectivity index (χ0) is 14.3. The lowest BCUT2D eigenvalue weighted by Gasteiger charge is -2.18. The molecule has 1 heterocycles. The van der Waals surface area contributed by atoms with E-state index in [1.54, 1.807) is 0 Å². The maximum atomic E-state index is 4.48. The Bertz CT molecular complexity index is 374. The first-order valence-electron chi connectivity index (χ1n) is 7.51. The van der Waals surface area contributed by atoms with Gasteiger partial charge in [-0.2, -0.15) is 5.10 Å². The zero-order valence-electron chi connectivity index (χ0n) is 12.8. The van der Waals surface area contributed by atoms with E-state index < -0.39 is 0 Å². The molecule has 0 radical (unpaired) electrons. The molecule has 3 nitrogen and oxygen atoms in total. The fourth-order valence-corrected chi connectivity index (χ4v) is 3.02. The van der Waals surface area contributed by atoms with Gasteiger partial charge in [-0.1, -0.05) is 39.5 Å². The van der Waals surface area contributed by atoms with Crippen molar-refractivity contribution >= 4 is 15.9 Å². The minimum absolute atomic E-state index is 0.563. The quantitative estimate of drug-likeness (QED) is 0.694. The number of halogens is 1. The molecule has 0 aliphatic carbocycles. The molecule has 0 saturated carbocycles. The van der Waals surface area contributed by atoms with Gasteiger partial charge in [-0.25, -0.2) is 0 Å². The molecule has 0 saturated heterocycles. The largest absolute Gasteiger partial charge is 0.314 e. The summed E-state index contributed by atoms with van der Waals surface area (Å²) in [6.07, 6.45) is 7.64. The van der Waals surface area contributed by atoms with Crippen LogP contribution in [0.25, 0.3) is 0 Å². The third kappa shape index (κ3) is 5.27. The van der Waals surface area contributed by atoms with Crippen molar-refractivity contribution in [3.05, 3.63) is 15.9 Å². The average molecular weight is 330 g/mol. The number of aromatic nitrogens is 2. The van der Waals surface area contributed by atoms with Crippen LogP contribution in [0, 0.1) is 6.92 Å². The summed E-state index contributed by atoms with van der Waals surface area (Å²) in [6, 6.07) is 0.563. The zero-order valence-corrected chi connectivity index (χ0v) is 14.4. The van der Waals surface area contributed by atoms with Gasteiger partial charge in [0.2, 0.25) is 0 Å². The summed E-state index contributed by atoms with van der Waals surface area (Å²) in [5, 5.41) is 8.09. The summed E-state index contributed by atoms with van der Waals surface area (Å²) in [6.45, 7) is 7.53. The molecule has 19 heavy (non-hydrogen) atoms. The molecule has 0 aliphatic rings. The van der Waals surface area contributed by atoms with Crippen LogP contribution in [0.5, 0.6) is 0 Å². The Labute approximate surface area is 126 Å². The van der Waals surface area contributed by atoms with Gasteiger partial charge in [0.25, 0.3) is 0 Å². The summed E-state index contributed by atoms with van der Waals surface area (Å²) in [7, 11) is 2.03. The van der Waals surface area contributed by atoms with Crippen LogP contribution in [0.4, 0.5) is 0 Å². The van der Waals surface area contributed by atoms with Crippen molar-refractivity contribution in [3.8, 4) is 0 Å². The maximum absolute atomic E-state index is 4.48. The van der Waals surface area contributed by atoms with Crippen LogP contribution in [0.15, 0.2) is 4.47 Å². The Morgan fingerprint density at radius 1 is 1.26 bits per heavy atom. The van der Waals surface area contributed by atoms with Crippen molar-refractivity contribution in [3.63, 3.8) is 0 Å². The predicted molar refractivity (Wildman–Crippen MR) is 85.6 cm³/mol. The van der Waals surface area contributed by atoms with Crippen LogP contribution < -0.4 is 5.32 Å². The standard InChI is InChI=1S/C15H28BrN3/c1-5-7-8-9-10-13(17-6-2)11-14-15(16)12(3)18-19(14)4/h13,17H,5-11H2,1-4H3. The van der Waals surface area contributed by atoms with E-state index in [1.807, 2.05) is 11.7 Å². The number of nitrogens with one attached hydrogen (secondary N) is 1. The second-order valence-electron chi connectivity index (χ2n) is 5.28. The van der Waals surface area contributed by atoms with E-state index in [1.165, 1.54) is 42.3 Å². The molecule has 1 N–H and O–H groups in total. The highest BCUT2D eigenvalue weighted by molar-refractivity contribution is 9.10. The molecule has 4 heteroatoms. The molecule has 110 valence electrons. The Morgan fingerprint density at radius 2 is 2.00 bits per heavy atom. The van der Waals surface area contributed by atoms with Crippen molar-refractivity contribution in [1.82, 2.24) is 15.1 Å². The minimum atomic E-state index is 0.563. The summed E-state index contributed by atoms with van der Waals surface area (Å²) < 4.78 is 3.18. The van der Waals surface area contributed by atoms with Crippen LogP contribution in [-0.4, -0.2) is 22.4 Å². The highest BCUT2D eigenvalue weighted by Gasteiger charge is 2.15. The van der Waals surface area contributed by atoms with Crippen molar-refractivity contribution < 1.29 is 0 Å². The van der Waals surface area contributed by atoms with E-state index in [0.717, 1.165) is 18.7 Å². The minimum Gasteiger partial charge on any atom is -0.314 e. The Kier molecular flexibility index (Phi) is 7.69. The lowest BCUT2D eigenvalue weighted by molar-refractivity contribution is 0.452. The smallest absolute Gasteiger partial charge is 0.0738 e. The number of rotatable bonds is 9. The maximum Gasteiger partial charge on any atom is 0.0738 e. The fourth-order valence-electron chi connectivity index (χ4n) is 2.52. The summed E-state index contributed by atoms with van der Waals surface area (Å²) in [5.41, 5.74) is 2.39. The van der Waals surface area contributed by atoms with Crippen LogP contribution in [-0.2, 0) is 13.5 Å². The van der Waals surface area contributed by atoms with Gasteiger partial charge in [0, 0.05) is 19.5 Å². The first-order chi connectivity index (χ1) is 9.10. The Hall–Kier alpha value is -0.350. The highest BCUT2D eigenvalue weighted by Crippen LogP contribution is 2.22. The van der Waals surface area contributed by atoms with Gasteiger partial charge in [0.05, 0.1) is 15.9 Å². The van der Waals surface area contributed by atoms with E-state index >= 15 is 0 Å². The van der Waals surface area contributed by atoms with Crippen molar-refractivity contribution in [2.75, 3.05) is 6.54 Å². The molecule has 1 aromatic rings. The molecular weight excluding hydrogens is 302 g/mol. The second kappa shape index (κ2) is 8.75. The molecule has 0 amide bonds. The van der Waals surface area contributed by atoms with Gasteiger partial charge in [0.1, 0.15) is 0 Å². The first kappa shape index (κ1) is 16.7. The summed E-state index contributed by atoms with van der Waals surface area (Å²) >= 11 is 3.66. The van der Waals surface area contributed by atoms with Gasteiger partial charge in [0.15, 0.2) is 0 Å². The monoisotopic (exact) mass is 329 g/mol. The van der Waals surface area contributed by atoms with Crippen LogP contribution in [0.3, 0.4) is 0 Å². The third-order valence-electron chi connectivity index (χ3n) is 3.60. The van der Waals surface area contributed by atoms with Crippen molar-refractivity contribution in [1.29, 1.82) is 0 Å². The molecular formula is C15H28BrN3. The molecule has 1 rings (SSSR count). The topological polar surface area (TPSA) is 29.9 Å². The van der Waals surface area contributed by atoms with Crippen LogP contribution >= 0.6 is 15.9 Å². The van der Waals surface area contributed by atoms with Gasteiger partial charge in [-0.05, 0) is 35.8 Å². The normalized spacial score (nSPS) is 12.9. The van der Waals surface area contributed by atoms with E-state index in [9.17, 15) is 0 Å². The number of aryl methyl sites for hydroxylation is 2. The number of hydrogen-bond acceptors (Lipinski definition) is 2. The summed E-state index contributed by atoms with van der Waals surface area (Å²) in [5.74, 6) is 0. The Balaban J connectivity index is 2.56. The average Bonchev–Trinajstić information content (AvgIpc) is 2.61. The molecule has 0 aliphatic heterocycles. The van der Waals surface area contributed by atoms with Gasteiger partial charge < -0.3 is 5.32 Å². The molecule has 1 aromatic heterocycles. The first-order valence-corrected chi connectivity index (χ1v) is 8.30. The molecule has 1 atom stereocenters. The SMILES string of the molecule is CCCCCCC(Cc1c(Br)c(C)nn1C)NCC. The fraction of sp³-hybridized carbons (Fsp3) is 0.800. The lowest BCUT2D eigenvalue weighted by atomic mass is 10.0. The highest BCUT2D eigenvalue weighted by atomic mass is 79.9. The van der Waals surface area contributed by atoms with Gasteiger partial charge >= 0.3 is 0 Å². The van der Waals surface area contributed by atoms with Crippen LogP contribution in [0.2, 0.25) is 0 Å². The van der Waals surface area contributed by atoms with E-state index in [2.05, 4.69) is 47.1 Å². The van der Waals surface area contributed by atoms with Gasteiger partial charge in [-0.3, -0.25) is 4.68 Å². The lowest BCUT2D eigenvalue weighted by Crippen LogP contribution is -2.31. The number of likely N-dealkylation sites (N-methyl/N-ethyl adjacent to an activating group) is 1. The van der Waals surface area contributed by atoms with E-state index in [4.69, 9.17) is 0 Å².